The molecule has 5 heteroatoms. The first-order chi connectivity index (χ1) is 8.17. The average Bonchev–Trinajstić information content (AvgIpc) is 2.67. The van der Waals surface area contributed by atoms with E-state index < -0.39 is 5.60 Å². The van der Waals surface area contributed by atoms with Gasteiger partial charge in [0.1, 0.15) is 5.60 Å². The molecule has 0 spiro atoms. The molecule has 1 saturated carbocycles. The summed E-state index contributed by atoms with van der Waals surface area (Å²) >= 11 is 1.15. The van der Waals surface area contributed by atoms with Gasteiger partial charge in [-0.15, -0.1) is 0 Å². The lowest BCUT2D eigenvalue weighted by molar-refractivity contribution is -0.0320. The molecule has 1 saturated heterocycles. The molecule has 2 fully saturated rings. The molecular formula is C12H18N2O2S. The normalized spacial score (nSPS) is 34.5. The molecule has 4 nitrogen and oxygen atoms in total. The Bertz CT molecular complexity index is 441. The average molecular weight is 254 g/mol. The number of hydrogen-bond donors (Lipinski definition) is 2. The van der Waals surface area contributed by atoms with Crippen molar-refractivity contribution in [2.75, 3.05) is 13.1 Å². The van der Waals surface area contributed by atoms with Crippen molar-refractivity contribution in [3.63, 3.8) is 0 Å². The van der Waals surface area contributed by atoms with Gasteiger partial charge in [-0.1, -0.05) is 11.3 Å². The number of nitrogens with one attached hydrogen (secondary N) is 1. The van der Waals surface area contributed by atoms with Gasteiger partial charge in [-0.05, 0) is 45.2 Å². The Morgan fingerprint density at radius 1 is 1.41 bits per heavy atom. The first-order valence-electron chi connectivity index (χ1n) is 6.33. The van der Waals surface area contributed by atoms with E-state index in [1.807, 2.05) is 0 Å². The van der Waals surface area contributed by atoms with Crippen LogP contribution in [-0.2, 0) is 5.60 Å². The van der Waals surface area contributed by atoms with E-state index in [2.05, 4.69) is 9.88 Å². The second-order valence-corrected chi connectivity index (χ2v) is 6.21. The highest BCUT2D eigenvalue weighted by Crippen LogP contribution is 2.40. The predicted octanol–water partition coefficient (Wildman–Crippen LogP) is 1.27. The number of hydrogen-bond acceptors (Lipinski definition) is 4. The SMILES string of the molecule is O=c1[nH]cc(C2(O)CCC(N3CCC3)CC2)s1. The Balaban J connectivity index is 1.68. The van der Waals surface area contributed by atoms with Crippen LogP contribution in [0, 0.1) is 0 Å². The number of aromatic nitrogens is 1. The molecule has 94 valence electrons. The number of nitrogens with zero attached hydrogens (tertiary/aromatic N) is 1. The van der Waals surface area contributed by atoms with Gasteiger partial charge in [0, 0.05) is 12.2 Å². The molecule has 17 heavy (non-hydrogen) atoms. The number of rotatable bonds is 2. The van der Waals surface area contributed by atoms with Crippen LogP contribution < -0.4 is 4.87 Å². The number of aromatic amines is 1. The third-order valence-corrected chi connectivity index (χ3v) is 5.19. The molecule has 2 aliphatic rings. The summed E-state index contributed by atoms with van der Waals surface area (Å²) < 4.78 is 0. The van der Waals surface area contributed by atoms with Gasteiger partial charge in [0.15, 0.2) is 0 Å². The maximum atomic E-state index is 11.1. The smallest absolute Gasteiger partial charge is 0.304 e. The molecule has 0 radical (unpaired) electrons. The fraction of sp³-hybridized carbons (Fsp3) is 0.750. The van der Waals surface area contributed by atoms with Gasteiger partial charge in [-0.2, -0.15) is 0 Å². The van der Waals surface area contributed by atoms with E-state index in [0.29, 0.717) is 6.04 Å². The summed E-state index contributed by atoms with van der Waals surface area (Å²) in [5, 5.41) is 10.6. The van der Waals surface area contributed by atoms with Crippen LogP contribution in [0.4, 0.5) is 0 Å². The second kappa shape index (κ2) is 4.23. The molecule has 2 heterocycles. The van der Waals surface area contributed by atoms with Crippen molar-refractivity contribution in [2.24, 2.45) is 0 Å². The Morgan fingerprint density at radius 3 is 2.59 bits per heavy atom. The second-order valence-electron chi connectivity index (χ2n) is 5.19. The van der Waals surface area contributed by atoms with E-state index in [-0.39, 0.29) is 4.87 Å². The summed E-state index contributed by atoms with van der Waals surface area (Å²) in [6, 6.07) is 0.652. The van der Waals surface area contributed by atoms with Gasteiger partial charge in [0.25, 0.3) is 0 Å². The van der Waals surface area contributed by atoms with Gasteiger partial charge in [0.05, 0.1) is 4.88 Å². The maximum absolute atomic E-state index is 11.1. The summed E-state index contributed by atoms with van der Waals surface area (Å²) in [5.74, 6) is 0. The monoisotopic (exact) mass is 254 g/mol. The number of H-pyrrole nitrogens is 1. The summed E-state index contributed by atoms with van der Waals surface area (Å²) in [6.45, 7) is 2.45. The molecule has 3 rings (SSSR count). The van der Waals surface area contributed by atoms with Crippen molar-refractivity contribution in [3.05, 3.63) is 20.7 Å². The van der Waals surface area contributed by atoms with Gasteiger partial charge in [-0.25, -0.2) is 0 Å². The highest BCUT2D eigenvalue weighted by Gasteiger charge is 2.38. The van der Waals surface area contributed by atoms with E-state index >= 15 is 0 Å². The molecule has 1 aliphatic carbocycles. The summed E-state index contributed by atoms with van der Waals surface area (Å²) in [6.07, 6.45) is 6.65. The van der Waals surface area contributed by atoms with Crippen LogP contribution in [0.1, 0.15) is 37.0 Å². The topological polar surface area (TPSA) is 56.3 Å². The van der Waals surface area contributed by atoms with E-state index in [9.17, 15) is 9.90 Å². The Kier molecular flexibility index (Phi) is 2.84. The van der Waals surface area contributed by atoms with Crippen LogP contribution in [-0.4, -0.2) is 34.1 Å². The van der Waals surface area contributed by atoms with Crippen molar-refractivity contribution in [1.29, 1.82) is 0 Å². The minimum absolute atomic E-state index is 0.0710. The quantitative estimate of drug-likeness (QED) is 0.835. The maximum Gasteiger partial charge on any atom is 0.304 e. The standard InChI is InChI=1S/C12H18N2O2S/c15-11-13-8-10(17-11)12(16)4-2-9(3-5-12)14-6-1-7-14/h8-9,16H,1-7H2,(H,13,15). The molecule has 1 aliphatic heterocycles. The van der Waals surface area contributed by atoms with Crippen LogP contribution in [0.3, 0.4) is 0 Å². The summed E-state index contributed by atoms with van der Waals surface area (Å²) in [5.41, 5.74) is -0.759. The Labute approximate surface area is 104 Å². The zero-order valence-electron chi connectivity index (χ0n) is 9.82. The third kappa shape index (κ3) is 2.07. The van der Waals surface area contributed by atoms with Crippen LogP contribution in [0.15, 0.2) is 11.0 Å². The summed E-state index contributed by atoms with van der Waals surface area (Å²) in [7, 11) is 0. The Hall–Kier alpha value is -0.650. The number of aliphatic hydroxyl groups is 1. The molecule has 0 amide bonds. The first kappa shape index (κ1) is 11.4. The van der Waals surface area contributed by atoms with Crippen LogP contribution in [0.2, 0.25) is 0 Å². The minimum Gasteiger partial charge on any atom is -0.384 e. The Morgan fingerprint density at radius 2 is 2.12 bits per heavy atom. The van der Waals surface area contributed by atoms with Crippen molar-refractivity contribution >= 4 is 11.3 Å². The van der Waals surface area contributed by atoms with E-state index in [0.717, 1.165) is 41.9 Å². The fourth-order valence-corrected chi connectivity index (χ4v) is 3.74. The highest BCUT2D eigenvalue weighted by atomic mass is 32.1. The fourth-order valence-electron chi connectivity index (χ4n) is 2.91. The van der Waals surface area contributed by atoms with Crippen molar-refractivity contribution in [2.45, 2.75) is 43.7 Å². The van der Waals surface area contributed by atoms with E-state index in [1.165, 1.54) is 19.5 Å². The van der Waals surface area contributed by atoms with E-state index in [4.69, 9.17) is 0 Å². The molecule has 0 aromatic carbocycles. The number of thiazole rings is 1. The zero-order valence-corrected chi connectivity index (χ0v) is 10.6. The lowest BCUT2D eigenvalue weighted by Crippen LogP contribution is -2.48. The molecule has 0 bridgehead atoms. The van der Waals surface area contributed by atoms with Crippen LogP contribution in [0.25, 0.3) is 0 Å². The molecule has 1 aromatic heterocycles. The van der Waals surface area contributed by atoms with Crippen molar-refractivity contribution in [1.82, 2.24) is 9.88 Å². The lowest BCUT2D eigenvalue weighted by Gasteiger charge is -2.44. The highest BCUT2D eigenvalue weighted by molar-refractivity contribution is 7.09. The van der Waals surface area contributed by atoms with Gasteiger partial charge in [0.2, 0.25) is 0 Å². The van der Waals surface area contributed by atoms with Gasteiger partial charge in [-0.3, -0.25) is 4.79 Å². The van der Waals surface area contributed by atoms with Crippen LogP contribution in [0.5, 0.6) is 0 Å². The van der Waals surface area contributed by atoms with Gasteiger partial charge >= 0.3 is 4.87 Å². The van der Waals surface area contributed by atoms with Crippen molar-refractivity contribution in [3.8, 4) is 0 Å². The molecule has 0 unspecified atom stereocenters. The molecular weight excluding hydrogens is 236 g/mol. The lowest BCUT2D eigenvalue weighted by atomic mass is 9.80. The molecule has 2 N–H and O–H groups in total. The largest absolute Gasteiger partial charge is 0.384 e. The van der Waals surface area contributed by atoms with Crippen molar-refractivity contribution < 1.29 is 5.11 Å². The van der Waals surface area contributed by atoms with E-state index in [1.54, 1.807) is 6.20 Å². The molecule has 0 atom stereocenters. The first-order valence-corrected chi connectivity index (χ1v) is 7.14. The molecule has 1 aromatic rings. The predicted molar refractivity (Wildman–Crippen MR) is 67.3 cm³/mol. The van der Waals surface area contributed by atoms with Gasteiger partial charge < -0.3 is 15.0 Å². The summed E-state index contributed by atoms with van der Waals surface area (Å²) in [4.78, 5) is 17.0. The minimum atomic E-state index is -0.759. The third-order valence-electron chi connectivity index (χ3n) is 4.17. The van der Waals surface area contributed by atoms with Crippen LogP contribution >= 0.6 is 11.3 Å². The number of likely N-dealkylation sites (tertiary alicyclic amines) is 1. The zero-order chi connectivity index (χ0) is 11.9.